The Bertz CT molecular complexity index is 1210. The van der Waals surface area contributed by atoms with Crippen LogP contribution in [0.1, 0.15) is 24.2 Å². The number of nitrogens with two attached hydrogens (primary N) is 1. The highest BCUT2D eigenvalue weighted by Crippen LogP contribution is 2.34. The lowest BCUT2D eigenvalue weighted by Crippen LogP contribution is -2.32. The predicted molar refractivity (Wildman–Crippen MR) is 118 cm³/mol. The van der Waals surface area contributed by atoms with Crippen molar-refractivity contribution in [1.29, 1.82) is 0 Å². The number of anilines is 2. The van der Waals surface area contributed by atoms with Crippen LogP contribution in [0, 0.1) is 5.41 Å². The topological polar surface area (TPSA) is 136 Å². The molecule has 0 aliphatic carbocycles. The summed E-state index contributed by atoms with van der Waals surface area (Å²) in [6.45, 7) is 4.00. The molecular formula is C21H21ClN6O4. The summed E-state index contributed by atoms with van der Waals surface area (Å²) < 4.78 is 7.13. The third-order valence-corrected chi connectivity index (χ3v) is 5.51. The number of nitrogens with zero attached hydrogens (tertiary/aromatic N) is 5. The van der Waals surface area contributed by atoms with Gasteiger partial charge in [-0.1, -0.05) is 17.7 Å². The summed E-state index contributed by atoms with van der Waals surface area (Å²) in [5.74, 6) is -1.07. The van der Waals surface area contributed by atoms with Crippen LogP contribution in [0.15, 0.2) is 36.9 Å². The van der Waals surface area contributed by atoms with Gasteiger partial charge in [0.05, 0.1) is 29.7 Å². The molecule has 0 bridgehead atoms. The molecule has 0 atom stereocenters. The van der Waals surface area contributed by atoms with Crippen molar-refractivity contribution in [1.82, 2.24) is 19.7 Å². The largest absolute Gasteiger partial charge is 0.481 e. The Hall–Kier alpha value is -3.66. The third-order valence-electron chi connectivity index (χ3n) is 5.20. The van der Waals surface area contributed by atoms with Crippen LogP contribution in [0.4, 0.5) is 11.5 Å². The van der Waals surface area contributed by atoms with E-state index in [0.717, 1.165) is 5.56 Å². The van der Waals surface area contributed by atoms with E-state index in [1.807, 2.05) is 0 Å². The normalized spacial score (nSPS) is 14.0. The van der Waals surface area contributed by atoms with Gasteiger partial charge in [0.2, 0.25) is 5.88 Å². The van der Waals surface area contributed by atoms with Gasteiger partial charge in [0.1, 0.15) is 24.3 Å². The molecule has 4 rings (SSSR count). The number of fused-ring (bicyclic) bond motifs is 1. The fourth-order valence-corrected chi connectivity index (χ4v) is 3.66. The van der Waals surface area contributed by atoms with Crippen LogP contribution in [0.2, 0.25) is 5.02 Å². The minimum Gasteiger partial charge on any atom is -0.481 e. The maximum Gasteiger partial charge on any atom is 0.310 e. The van der Waals surface area contributed by atoms with Crippen molar-refractivity contribution in [3.05, 3.63) is 47.5 Å². The maximum absolute atomic E-state index is 13.1. The van der Waals surface area contributed by atoms with Gasteiger partial charge in [-0.3, -0.25) is 14.3 Å². The fraction of sp³-hybridized carbons (Fsp3) is 0.286. The van der Waals surface area contributed by atoms with E-state index in [4.69, 9.17) is 22.1 Å². The van der Waals surface area contributed by atoms with Crippen molar-refractivity contribution in [3.8, 4) is 17.0 Å². The van der Waals surface area contributed by atoms with Crippen LogP contribution in [0.25, 0.3) is 11.1 Å². The Morgan fingerprint density at radius 2 is 2.12 bits per heavy atom. The number of carbonyl (C=O) groups excluding carboxylic acids is 1. The highest BCUT2D eigenvalue weighted by Gasteiger charge is 2.30. The molecule has 0 radical (unpaired) electrons. The third kappa shape index (κ3) is 3.96. The average molecular weight is 457 g/mol. The molecule has 1 aliphatic rings. The lowest BCUT2D eigenvalue weighted by molar-refractivity contribution is -0.147. The summed E-state index contributed by atoms with van der Waals surface area (Å²) in [6.07, 6.45) is 4.61. The van der Waals surface area contributed by atoms with E-state index >= 15 is 0 Å². The number of ether oxygens (including phenoxy) is 1. The highest BCUT2D eigenvalue weighted by atomic mass is 35.5. The number of benzene rings is 1. The van der Waals surface area contributed by atoms with E-state index in [-0.39, 0.29) is 42.9 Å². The van der Waals surface area contributed by atoms with Gasteiger partial charge in [-0.05, 0) is 26.0 Å². The van der Waals surface area contributed by atoms with Gasteiger partial charge in [0.15, 0.2) is 0 Å². The number of carbonyl (C=O) groups is 2. The second kappa shape index (κ2) is 8.12. The van der Waals surface area contributed by atoms with Crippen LogP contribution in [0.5, 0.6) is 5.88 Å². The maximum atomic E-state index is 13.1. The molecule has 1 amide bonds. The molecule has 1 aromatic carbocycles. The van der Waals surface area contributed by atoms with Crippen molar-refractivity contribution in [3.63, 3.8) is 0 Å². The van der Waals surface area contributed by atoms with E-state index in [9.17, 15) is 14.7 Å². The van der Waals surface area contributed by atoms with E-state index in [1.54, 1.807) is 49.1 Å². The standard InChI is InChI=1S/C21H21ClN6O4/c1-21(2,20(30)31)10-27-9-12(8-26-27)14-4-3-13(7-15(14)22)28-5-6-32-18-16(19(28)29)17(23)24-11-25-18/h3-4,7-9,11H,5-6,10H2,1-2H3,(H,30,31)(H2,23,24,25). The number of rotatable bonds is 5. The number of hydrogen-bond donors (Lipinski definition) is 2. The minimum atomic E-state index is -0.964. The quantitative estimate of drug-likeness (QED) is 0.597. The van der Waals surface area contributed by atoms with Gasteiger partial charge in [-0.15, -0.1) is 0 Å². The number of aliphatic carboxylic acids is 1. The Morgan fingerprint density at radius 3 is 2.84 bits per heavy atom. The van der Waals surface area contributed by atoms with E-state index in [0.29, 0.717) is 16.3 Å². The number of carboxylic acids is 1. The number of nitrogen functional groups attached to an aromatic ring is 1. The Morgan fingerprint density at radius 1 is 1.34 bits per heavy atom. The first-order valence-corrected chi connectivity index (χ1v) is 10.2. The molecule has 1 aliphatic heterocycles. The van der Waals surface area contributed by atoms with Gasteiger partial charge in [-0.25, -0.2) is 9.97 Å². The van der Waals surface area contributed by atoms with Gasteiger partial charge in [-0.2, -0.15) is 5.10 Å². The van der Waals surface area contributed by atoms with Crippen molar-refractivity contribution in [2.75, 3.05) is 23.8 Å². The van der Waals surface area contributed by atoms with Crippen LogP contribution in [0.3, 0.4) is 0 Å². The summed E-state index contributed by atoms with van der Waals surface area (Å²) >= 11 is 6.55. The molecule has 0 spiro atoms. The first kappa shape index (κ1) is 21.6. The van der Waals surface area contributed by atoms with E-state index < -0.39 is 11.4 Å². The summed E-state index contributed by atoms with van der Waals surface area (Å²) in [4.78, 5) is 33.9. The Balaban J connectivity index is 1.61. The average Bonchev–Trinajstić information content (AvgIpc) is 3.10. The Labute approximate surface area is 188 Å². The molecule has 3 N–H and O–H groups in total. The van der Waals surface area contributed by atoms with Crippen LogP contribution in [-0.4, -0.2) is 49.9 Å². The van der Waals surface area contributed by atoms with Gasteiger partial charge < -0.3 is 20.5 Å². The van der Waals surface area contributed by atoms with Gasteiger partial charge >= 0.3 is 5.97 Å². The molecule has 11 heteroatoms. The zero-order valence-corrected chi connectivity index (χ0v) is 18.2. The molecule has 0 saturated heterocycles. The number of halogens is 1. The first-order valence-electron chi connectivity index (χ1n) is 9.78. The van der Waals surface area contributed by atoms with Crippen LogP contribution < -0.4 is 15.4 Å². The molecule has 32 heavy (non-hydrogen) atoms. The fourth-order valence-electron chi connectivity index (χ4n) is 3.38. The van der Waals surface area contributed by atoms with Crippen LogP contribution in [-0.2, 0) is 11.3 Å². The summed E-state index contributed by atoms with van der Waals surface area (Å²) in [5.41, 5.74) is 7.05. The SMILES string of the molecule is CC(C)(Cn1cc(-c2ccc(N3CCOc4ncnc(N)c4C3=O)cc2Cl)cn1)C(=O)O. The number of amides is 1. The van der Waals surface area contributed by atoms with Crippen LogP contribution >= 0.6 is 11.6 Å². The zero-order chi connectivity index (χ0) is 23.0. The second-order valence-electron chi connectivity index (χ2n) is 8.02. The molecule has 3 heterocycles. The molecule has 10 nitrogen and oxygen atoms in total. The Kier molecular flexibility index (Phi) is 5.47. The molecule has 0 fully saturated rings. The number of hydrogen-bond acceptors (Lipinski definition) is 7. The summed E-state index contributed by atoms with van der Waals surface area (Å²) in [5, 5.41) is 14.0. The molecular weight excluding hydrogens is 436 g/mol. The second-order valence-corrected chi connectivity index (χ2v) is 8.43. The van der Waals surface area contributed by atoms with Gasteiger partial charge in [0, 0.05) is 23.0 Å². The lowest BCUT2D eigenvalue weighted by atomic mass is 9.94. The number of carboxylic acid groups (broad SMARTS) is 1. The van der Waals surface area contributed by atoms with Crippen molar-refractivity contribution in [2.24, 2.45) is 5.41 Å². The summed E-state index contributed by atoms with van der Waals surface area (Å²) in [6, 6.07) is 5.23. The monoisotopic (exact) mass is 456 g/mol. The molecule has 2 aromatic heterocycles. The molecule has 3 aromatic rings. The highest BCUT2D eigenvalue weighted by molar-refractivity contribution is 6.33. The van der Waals surface area contributed by atoms with E-state index in [1.165, 1.54) is 11.2 Å². The minimum absolute atomic E-state index is 0.0475. The predicted octanol–water partition coefficient (Wildman–Crippen LogP) is 2.73. The zero-order valence-electron chi connectivity index (χ0n) is 17.4. The first-order chi connectivity index (χ1) is 15.2. The van der Waals surface area contributed by atoms with Gasteiger partial charge in [0.25, 0.3) is 5.91 Å². The molecule has 0 saturated carbocycles. The molecule has 166 valence electrons. The lowest BCUT2D eigenvalue weighted by Gasteiger charge is -2.21. The summed E-state index contributed by atoms with van der Waals surface area (Å²) in [7, 11) is 0. The van der Waals surface area contributed by atoms with Crippen molar-refractivity contribution < 1.29 is 19.4 Å². The van der Waals surface area contributed by atoms with Crippen molar-refractivity contribution >= 4 is 35.0 Å². The molecule has 0 unspecified atom stereocenters. The van der Waals surface area contributed by atoms with E-state index in [2.05, 4.69) is 15.1 Å². The van der Waals surface area contributed by atoms with Crippen molar-refractivity contribution in [2.45, 2.75) is 20.4 Å². The smallest absolute Gasteiger partial charge is 0.310 e. The number of aromatic nitrogens is 4.